The number of sulfonamides is 1. The minimum absolute atomic E-state index is 0.0438. The molecule has 19 heavy (non-hydrogen) atoms. The summed E-state index contributed by atoms with van der Waals surface area (Å²) < 4.78 is 26.7. The Bertz CT molecular complexity index is 512. The van der Waals surface area contributed by atoms with E-state index in [1.54, 1.807) is 31.2 Å². The monoisotopic (exact) mass is 286 g/mol. The van der Waals surface area contributed by atoms with Crippen molar-refractivity contribution < 1.29 is 13.5 Å². The van der Waals surface area contributed by atoms with Gasteiger partial charge in [0.25, 0.3) is 0 Å². The van der Waals surface area contributed by atoms with Crippen molar-refractivity contribution in [2.24, 2.45) is 0 Å². The Hall–Kier alpha value is -1.11. The molecule has 0 spiro atoms. The van der Waals surface area contributed by atoms with E-state index in [1.165, 1.54) is 0 Å². The molecule has 1 aromatic carbocycles. The van der Waals surface area contributed by atoms with E-state index in [4.69, 9.17) is 5.11 Å². The van der Waals surface area contributed by atoms with Crippen molar-refractivity contribution >= 4 is 15.7 Å². The zero-order chi connectivity index (χ0) is 14.5. The Morgan fingerprint density at radius 3 is 2.47 bits per heavy atom. The van der Waals surface area contributed by atoms with Crippen LogP contribution in [0.2, 0.25) is 0 Å². The zero-order valence-corrected chi connectivity index (χ0v) is 12.4. The molecule has 0 fully saturated rings. The summed E-state index contributed by atoms with van der Waals surface area (Å²) in [6.45, 7) is 5.96. The summed E-state index contributed by atoms with van der Waals surface area (Å²) in [7, 11) is -3.50. The fourth-order valence-electron chi connectivity index (χ4n) is 1.78. The van der Waals surface area contributed by atoms with Crippen LogP contribution in [-0.4, -0.2) is 32.2 Å². The average molecular weight is 286 g/mol. The molecule has 0 aliphatic heterocycles. The third-order valence-corrected chi connectivity index (χ3v) is 4.32. The highest BCUT2D eigenvalue weighted by atomic mass is 32.2. The zero-order valence-electron chi connectivity index (χ0n) is 11.6. The normalized spacial score (nSPS) is 12.4. The molecule has 0 bridgehead atoms. The first-order valence-electron chi connectivity index (χ1n) is 6.30. The van der Waals surface area contributed by atoms with E-state index < -0.39 is 10.0 Å². The molecule has 0 aliphatic rings. The first-order valence-corrected chi connectivity index (χ1v) is 7.78. The highest BCUT2D eigenvalue weighted by molar-refractivity contribution is 7.89. The van der Waals surface area contributed by atoms with Crippen molar-refractivity contribution in [3.8, 4) is 0 Å². The molecular weight excluding hydrogens is 264 g/mol. The van der Waals surface area contributed by atoms with Crippen LogP contribution in [-0.2, 0) is 10.0 Å². The van der Waals surface area contributed by atoms with Gasteiger partial charge >= 0.3 is 0 Å². The van der Waals surface area contributed by atoms with Gasteiger partial charge in [0.05, 0.1) is 5.69 Å². The van der Waals surface area contributed by atoms with E-state index in [0.29, 0.717) is 18.7 Å². The maximum absolute atomic E-state index is 12.1. The van der Waals surface area contributed by atoms with Gasteiger partial charge in [0.1, 0.15) is 4.90 Å². The van der Waals surface area contributed by atoms with Crippen molar-refractivity contribution in [1.82, 2.24) is 4.72 Å². The standard InChI is InChI=1S/C13H22N2O3S/c1-4-14-19(17,18)12-8-6-5-7-11(12)15-13(2,3)9-10-16/h5-8,14-16H,4,9-10H2,1-3H3. The molecule has 0 unspecified atom stereocenters. The summed E-state index contributed by atoms with van der Waals surface area (Å²) in [4.78, 5) is 0.225. The Kier molecular flexibility index (Phi) is 5.34. The summed E-state index contributed by atoms with van der Waals surface area (Å²) in [5.41, 5.74) is 0.161. The van der Waals surface area contributed by atoms with Crippen molar-refractivity contribution in [2.75, 3.05) is 18.5 Å². The van der Waals surface area contributed by atoms with Crippen LogP contribution in [0.1, 0.15) is 27.2 Å². The van der Waals surface area contributed by atoms with Crippen LogP contribution in [0.5, 0.6) is 0 Å². The fraction of sp³-hybridized carbons (Fsp3) is 0.538. The van der Waals surface area contributed by atoms with Crippen LogP contribution in [0.15, 0.2) is 29.2 Å². The largest absolute Gasteiger partial charge is 0.396 e. The Labute approximate surface area is 115 Å². The molecule has 0 heterocycles. The Balaban J connectivity index is 3.10. The van der Waals surface area contributed by atoms with Crippen molar-refractivity contribution in [3.63, 3.8) is 0 Å². The van der Waals surface area contributed by atoms with Crippen LogP contribution in [0.3, 0.4) is 0 Å². The number of para-hydroxylation sites is 1. The number of aliphatic hydroxyl groups excluding tert-OH is 1. The molecule has 0 aliphatic carbocycles. The van der Waals surface area contributed by atoms with Gasteiger partial charge in [-0.05, 0) is 32.4 Å². The van der Waals surface area contributed by atoms with Crippen LogP contribution < -0.4 is 10.0 Å². The Morgan fingerprint density at radius 2 is 1.89 bits per heavy atom. The minimum Gasteiger partial charge on any atom is -0.396 e. The molecule has 6 heteroatoms. The van der Waals surface area contributed by atoms with Gasteiger partial charge in [0.15, 0.2) is 0 Å². The van der Waals surface area contributed by atoms with E-state index >= 15 is 0 Å². The van der Waals surface area contributed by atoms with Crippen molar-refractivity contribution in [2.45, 2.75) is 37.6 Å². The quantitative estimate of drug-likeness (QED) is 0.711. The van der Waals surface area contributed by atoms with E-state index in [1.807, 2.05) is 13.8 Å². The van der Waals surface area contributed by atoms with E-state index in [2.05, 4.69) is 10.0 Å². The minimum atomic E-state index is -3.50. The molecule has 3 N–H and O–H groups in total. The van der Waals surface area contributed by atoms with Gasteiger partial charge in [-0.3, -0.25) is 0 Å². The highest BCUT2D eigenvalue weighted by Crippen LogP contribution is 2.25. The second-order valence-electron chi connectivity index (χ2n) is 4.98. The summed E-state index contributed by atoms with van der Waals surface area (Å²) in [5, 5.41) is 12.2. The van der Waals surface area contributed by atoms with Gasteiger partial charge < -0.3 is 10.4 Å². The SMILES string of the molecule is CCNS(=O)(=O)c1ccccc1NC(C)(C)CCO. The third-order valence-electron chi connectivity index (χ3n) is 2.72. The maximum atomic E-state index is 12.1. The van der Waals surface area contributed by atoms with Gasteiger partial charge in [-0.15, -0.1) is 0 Å². The van der Waals surface area contributed by atoms with E-state index in [9.17, 15) is 8.42 Å². The van der Waals surface area contributed by atoms with Crippen molar-refractivity contribution in [3.05, 3.63) is 24.3 Å². The lowest BCUT2D eigenvalue weighted by Gasteiger charge is -2.28. The van der Waals surface area contributed by atoms with Crippen LogP contribution >= 0.6 is 0 Å². The number of anilines is 1. The lowest BCUT2D eigenvalue weighted by Crippen LogP contribution is -2.33. The van der Waals surface area contributed by atoms with Crippen LogP contribution in [0.4, 0.5) is 5.69 Å². The van der Waals surface area contributed by atoms with E-state index in [-0.39, 0.29) is 17.0 Å². The summed E-state index contributed by atoms with van der Waals surface area (Å²) in [6, 6.07) is 6.76. The molecular formula is C13H22N2O3S. The predicted octanol–water partition coefficient (Wildman–Crippen LogP) is 1.56. The number of aliphatic hydroxyl groups is 1. The maximum Gasteiger partial charge on any atom is 0.242 e. The first kappa shape index (κ1) is 15.9. The summed E-state index contributed by atoms with van der Waals surface area (Å²) >= 11 is 0. The van der Waals surface area contributed by atoms with Crippen molar-refractivity contribution in [1.29, 1.82) is 0 Å². The lowest BCUT2D eigenvalue weighted by atomic mass is 10.0. The second-order valence-corrected chi connectivity index (χ2v) is 6.72. The number of hydrogen-bond donors (Lipinski definition) is 3. The average Bonchev–Trinajstić information content (AvgIpc) is 2.28. The van der Waals surface area contributed by atoms with Gasteiger partial charge in [-0.2, -0.15) is 0 Å². The lowest BCUT2D eigenvalue weighted by molar-refractivity contribution is 0.260. The molecule has 0 saturated heterocycles. The third kappa shape index (κ3) is 4.49. The summed E-state index contributed by atoms with van der Waals surface area (Å²) in [5.74, 6) is 0. The van der Waals surface area contributed by atoms with Gasteiger partial charge in [-0.25, -0.2) is 13.1 Å². The van der Waals surface area contributed by atoms with Crippen LogP contribution in [0, 0.1) is 0 Å². The van der Waals surface area contributed by atoms with Gasteiger partial charge in [0.2, 0.25) is 10.0 Å². The van der Waals surface area contributed by atoms with Crippen LogP contribution in [0.25, 0.3) is 0 Å². The predicted molar refractivity (Wildman–Crippen MR) is 76.7 cm³/mol. The second kappa shape index (κ2) is 6.36. The molecule has 1 rings (SSSR count). The number of nitrogens with one attached hydrogen (secondary N) is 2. The molecule has 0 radical (unpaired) electrons. The van der Waals surface area contributed by atoms with Gasteiger partial charge in [-0.1, -0.05) is 19.1 Å². The molecule has 5 nitrogen and oxygen atoms in total. The molecule has 0 atom stereocenters. The van der Waals surface area contributed by atoms with E-state index in [0.717, 1.165) is 0 Å². The first-order chi connectivity index (χ1) is 8.82. The number of hydrogen-bond acceptors (Lipinski definition) is 4. The molecule has 0 saturated carbocycles. The van der Waals surface area contributed by atoms with Gasteiger partial charge in [0, 0.05) is 18.7 Å². The number of rotatable bonds is 7. The molecule has 1 aromatic rings. The highest BCUT2D eigenvalue weighted by Gasteiger charge is 2.22. The summed E-state index contributed by atoms with van der Waals surface area (Å²) in [6.07, 6.45) is 0.530. The molecule has 0 amide bonds. The molecule has 0 aromatic heterocycles. The smallest absolute Gasteiger partial charge is 0.242 e. The number of benzene rings is 1. The Morgan fingerprint density at radius 1 is 1.26 bits per heavy atom. The molecule has 108 valence electrons. The topological polar surface area (TPSA) is 78.4 Å². The fourth-order valence-corrected chi connectivity index (χ4v) is 2.98.